The maximum atomic E-state index is 11.6. The van der Waals surface area contributed by atoms with Gasteiger partial charge in [0.1, 0.15) is 5.75 Å². The second kappa shape index (κ2) is 9.34. The van der Waals surface area contributed by atoms with E-state index in [4.69, 9.17) is 9.47 Å². The third-order valence-corrected chi connectivity index (χ3v) is 2.92. The molecule has 0 aliphatic rings. The van der Waals surface area contributed by atoms with Gasteiger partial charge >= 0.3 is 0 Å². The number of methoxy groups -OCH3 is 2. The van der Waals surface area contributed by atoms with Crippen LogP contribution in [0.1, 0.15) is 11.1 Å². The molecule has 0 saturated carbocycles. The lowest BCUT2D eigenvalue weighted by molar-refractivity contribution is -0.120. The molecule has 0 aliphatic heterocycles. The summed E-state index contributed by atoms with van der Waals surface area (Å²) in [6, 6.07) is 6.06. The fraction of sp³-hybridized carbons (Fsp3) is 0.533. The summed E-state index contributed by atoms with van der Waals surface area (Å²) in [5, 5.41) is 5.89. The maximum absolute atomic E-state index is 11.6. The van der Waals surface area contributed by atoms with E-state index >= 15 is 0 Å². The van der Waals surface area contributed by atoms with Crippen molar-refractivity contribution in [2.75, 3.05) is 40.5 Å². The molecule has 5 nitrogen and oxygen atoms in total. The Morgan fingerprint density at radius 1 is 1.25 bits per heavy atom. The van der Waals surface area contributed by atoms with Gasteiger partial charge in [0.25, 0.3) is 0 Å². The van der Waals surface area contributed by atoms with Crippen LogP contribution < -0.4 is 15.4 Å². The number of carbonyl (C=O) groups excluding carboxylic acids is 1. The van der Waals surface area contributed by atoms with E-state index in [1.54, 1.807) is 14.2 Å². The number of nitrogens with one attached hydrogen (secondary N) is 2. The van der Waals surface area contributed by atoms with Crippen molar-refractivity contribution >= 4 is 5.91 Å². The first kappa shape index (κ1) is 16.5. The second-order valence-electron chi connectivity index (χ2n) is 4.58. The van der Waals surface area contributed by atoms with Crippen LogP contribution >= 0.6 is 0 Å². The van der Waals surface area contributed by atoms with Crippen LogP contribution in [0.2, 0.25) is 0 Å². The maximum Gasteiger partial charge on any atom is 0.233 e. The highest BCUT2D eigenvalue weighted by Crippen LogP contribution is 2.19. The summed E-state index contributed by atoms with van der Waals surface area (Å²) in [6.45, 7) is 4.24. The molecule has 0 aromatic heterocycles. The molecule has 0 spiro atoms. The lowest BCUT2D eigenvalue weighted by Crippen LogP contribution is -2.36. The average Bonchev–Trinajstić information content (AvgIpc) is 2.44. The quantitative estimate of drug-likeness (QED) is 0.660. The van der Waals surface area contributed by atoms with Gasteiger partial charge < -0.3 is 20.1 Å². The minimum Gasteiger partial charge on any atom is -0.496 e. The molecule has 0 atom stereocenters. The zero-order valence-corrected chi connectivity index (χ0v) is 12.5. The zero-order valence-electron chi connectivity index (χ0n) is 12.5. The molecule has 0 heterocycles. The third kappa shape index (κ3) is 6.04. The van der Waals surface area contributed by atoms with Crippen molar-refractivity contribution in [3.8, 4) is 5.75 Å². The lowest BCUT2D eigenvalue weighted by Gasteiger charge is -2.10. The first-order chi connectivity index (χ1) is 9.67. The molecule has 1 aromatic rings. The van der Waals surface area contributed by atoms with E-state index in [2.05, 4.69) is 16.7 Å². The number of hydrogen-bond donors (Lipinski definition) is 2. The molecule has 0 saturated heterocycles. The van der Waals surface area contributed by atoms with E-state index in [9.17, 15) is 4.79 Å². The molecule has 112 valence electrons. The Labute approximate surface area is 120 Å². The molecule has 1 aromatic carbocycles. The fourth-order valence-electron chi connectivity index (χ4n) is 1.88. The van der Waals surface area contributed by atoms with Gasteiger partial charge in [0.2, 0.25) is 5.91 Å². The third-order valence-electron chi connectivity index (χ3n) is 2.92. The number of aryl methyl sites for hydroxylation is 1. The number of hydrogen-bond acceptors (Lipinski definition) is 4. The summed E-state index contributed by atoms with van der Waals surface area (Å²) in [5.74, 6) is 0.857. The average molecular weight is 280 g/mol. The Morgan fingerprint density at radius 3 is 2.75 bits per heavy atom. The fourth-order valence-corrected chi connectivity index (χ4v) is 1.88. The van der Waals surface area contributed by atoms with Crippen LogP contribution in [0.15, 0.2) is 18.2 Å². The molecule has 5 heteroatoms. The SMILES string of the molecule is COCCNCC(=O)NCCc1cc(C)ccc1OC. The van der Waals surface area contributed by atoms with Crippen molar-refractivity contribution in [3.63, 3.8) is 0 Å². The Balaban J connectivity index is 2.29. The van der Waals surface area contributed by atoms with Gasteiger partial charge in [-0.05, 0) is 25.0 Å². The number of benzene rings is 1. The molecular weight excluding hydrogens is 256 g/mol. The van der Waals surface area contributed by atoms with E-state index in [0.717, 1.165) is 17.7 Å². The largest absolute Gasteiger partial charge is 0.496 e. The Hall–Kier alpha value is -1.59. The highest BCUT2D eigenvalue weighted by molar-refractivity contribution is 5.77. The van der Waals surface area contributed by atoms with Gasteiger partial charge in [0.05, 0.1) is 20.3 Å². The minimum absolute atomic E-state index is 0.00674. The van der Waals surface area contributed by atoms with Crippen LogP contribution in [-0.4, -0.2) is 46.4 Å². The highest BCUT2D eigenvalue weighted by Gasteiger charge is 2.04. The van der Waals surface area contributed by atoms with Crippen LogP contribution in [0, 0.1) is 6.92 Å². The first-order valence-electron chi connectivity index (χ1n) is 6.77. The van der Waals surface area contributed by atoms with Crippen molar-refractivity contribution in [2.45, 2.75) is 13.3 Å². The van der Waals surface area contributed by atoms with Crippen LogP contribution in [-0.2, 0) is 16.0 Å². The van der Waals surface area contributed by atoms with Gasteiger partial charge in [0.15, 0.2) is 0 Å². The summed E-state index contributed by atoms with van der Waals surface area (Å²) in [7, 11) is 3.30. The molecule has 0 unspecified atom stereocenters. The minimum atomic E-state index is -0.00674. The summed E-state index contributed by atoms with van der Waals surface area (Å²) < 4.78 is 10.2. The molecule has 1 rings (SSSR count). The molecular formula is C15H24N2O3. The zero-order chi connectivity index (χ0) is 14.8. The topological polar surface area (TPSA) is 59.6 Å². The van der Waals surface area contributed by atoms with E-state index < -0.39 is 0 Å². The van der Waals surface area contributed by atoms with Gasteiger partial charge in [0, 0.05) is 20.2 Å². The van der Waals surface area contributed by atoms with Gasteiger partial charge in [-0.15, -0.1) is 0 Å². The molecule has 0 radical (unpaired) electrons. The van der Waals surface area contributed by atoms with E-state index in [1.807, 2.05) is 19.1 Å². The Morgan fingerprint density at radius 2 is 2.05 bits per heavy atom. The molecule has 20 heavy (non-hydrogen) atoms. The van der Waals surface area contributed by atoms with Gasteiger partial charge in [-0.25, -0.2) is 0 Å². The Kier molecular flexibility index (Phi) is 7.69. The van der Waals surface area contributed by atoms with Gasteiger partial charge in [-0.3, -0.25) is 4.79 Å². The molecule has 0 aliphatic carbocycles. The van der Waals surface area contributed by atoms with Crippen LogP contribution in [0.4, 0.5) is 0 Å². The van der Waals surface area contributed by atoms with Crippen molar-refractivity contribution in [2.24, 2.45) is 0 Å². The second-order valence-corrected chi connectivity index (χ2v) is 4.58. The normalized spacial score (nSPS) is 10.3. The van der Waals surface area contributed by atoms with Gasteiger partial charge in [-0.1, -0.05) is 17.7 Å². The summed E-state index contributed by atoms with van der Waals surface area (Å²) in [4.78, 5) is 11.6. The Bertz CT molecular complexity index is 422. The van der Waals surface area contributed by atoms with Crippen LogP contribution in [0.5, 0.6) is 5.75 Å². The van der Waals surface area contributed by atoms with Crippen molar-refractivity contribution in [1.82, 2.24) is 10.6 Å². The van der Waals surface area contributed by atoms with E-state index in [0.29, 0.717) is 26.2 Å². The van der Waals surface area contributed by atoms with E-state index in [-0.39, 0.29) is 5.91 Å². The highest BCUT2D eigenvalue weighted by atomic mass is 16.5. The summed E-state index contributed by atoms with van der Waals surface area (Å²) >= 11 is 0. The van der Waals surface area contributed by atoms with Crippen molar-refractivity contribution in [1.29, 1.82) is 0 Å². The monoisotopic (exact) mass is 280 g/mol. The molecule has 2 N–H and O–H groups in total. The standard InChI is InChI=1S/C15H24N2O3/c1-12-4-5-14(20-3)13(10-12)6-7-17-15(18)11-16-8-9-19-2/h4-5,10,16H,6-9,11H2,1-3H3,(H,17,18). The molecule has 1 amide bonds. The van der Waals surface area contributed by atoms with E-state index in [1.165, 1.54) is 5.56 Å². The predicted octanol–water partition coefficient (Wildman–Crippen LogP) is 0.898. The summed E-state index contributed by atoms with van der Waals surface area (Å²) in [5.41, 5.74) is 2.30. The van der Waals surface area contributed by atoms with Gasteiger partial charge in [-0.2, -0.15) is 0 Å². The van der Waals surface area contributed by atoms with Crippen LogP contribution in [0.3, 0.4) is 0 Å². The number of ether oxygens (including phenoxy) is 2. The number of rotatable bonds is 9. The molecule has 0 bridgehead atoms. The lowest BCUT2D eigenvalue weighted by atomic mass is 10.1. The number of amides is 1. The van der Waals surface area contributed by atoms with Crippen molar-refractivity contribution < 1.29 is 14.3 Å². The van der Waals surface area contributed by atoms with Crippen LogP contribution in [0.25, 0.3) is 0 Å². The predicted molar refractivity (Wildman–Crippen MR) is 79.2 cm³/mol. The smallest absolute Gasteiger partial charge is 0.233 e. The molecule has 0 fully saturated rings. The van der Waals surface area contributed by atoms with Crippen molar-refractivity contribution in [3.05, 3.63) is 29.3 Å². The number of carbonyl (C=O) groups is 1. The summed E-state index contributed by atoms with van der Waals surface area (Å²) in [6.07, 6.45) is 0.759. The first-order valence-corrected chi connectivity index (χ1v) is 6.77.